The minimum Gasteiger partial charge on any atom is -0.492 e. The first-order valence-electron chi connectivity index (χ1n) is 7.31. The van der Waals surface area contributed by atoms with Crippen molar-refractivity contribution in [3.63, 3.8) is 0 Å². The third-order valence-corrected chi connectivity index (χ3v) is 3.38. The van der Waals surface area contributed by atoms with Crippen LogP contribution in [-0.4, -0.2) is 31.0 Å². The van der Waals surface area contributed by atoms with Gasteiger partial charge in [-0.05, 0) is 36.2 Å². The molecule has 0 spiro atoms. The van der Waals surface area contributed by atoms with Crippen molar-refractivity contribution in [1.29, 1.82) is 0 Å². The van der Waals surface area contributed by atoms with Crippen LogP contribution in [0.4, 0.5) is 4.39 Å². The Morgan fingerprint density at radius 3 is 2.64 bits per heavy atom. The lowest BCUT2D eigenvalue weighted by Crippen LogP contribution is -2.31. The van der Waals surface area contributed by atoms with Crippen LogP contribution >= 0.6 is 0 Å². The number of aryl methyl sites for hydroxylation is 1. The Morgan fingerprint density at radius 1 is 1.14 bits per heavy atom. The summed E-state index contributed by atoms with van der Waals surface area (Å²) in [5.74, 6) is 0.554. The van der Waals surface area contributed by atoms with E-state index in [1.807, 2.05) is 36.4 Å². The monoisotopic (exact) mass is 301 g/mol. The number of hydrogen-bond acceptors (Lipinski definition) is 2. The molecule has 4 heteroatoms. The second-order valence-corrected chi connectivity index (χ2v) is 5.11. The van der Waals surface area contributed by atoms with Crippen molar-refractivity contribution in [2.24, 2.45) is 0 Å². The molecular weight excluding hydrogens is 281 g/mol. The predicted octanol–water partition coefficient (Wildman–Crippen LogP) is 3.30. The molecule has 0 saturated heterocycles. The molecule has 0 fully saturated rings. The van der Waals surface area contributed by atoms with Gasteiger partial charge in [0.15, 0.2) is 0 Å². The molecule has 1 amide bonds. The number of amides is 1. The molecule has 2 rings (SSSR count). The standard InChI is InChI=1S/C18H20FNO2/c1-20(12-13-22-17-8-3-2-4-9-17)18(21)11-10-15-6-5-7-16(19)14-15/h2-9,14H,10-13H2,1H3. The van der Waals surface area contributed by atoms with Gasteiger partial charge in [0.05, 0.1) is 6.54 Å². The maximum atomic E-state index is 13.1. The third kappa shape index (κ3) is 5.20. The molecule has 3 nitrogen and oxygen atoms in total. The SMILES string of the molecule is CN(CCOc1ccccc1)C(=O)CCc1cccc(F)c1. The summed E-state index contributed by atoms with van der Waals surface area (Å²) in [4.78, 5) is 13.7. The number of rotatable bonds is 7. The summed E-state index contributed by atoms with van der Waals surface area (Å²) in [6, 6.07) is 15.9. The van der Waals surface area contributed by atoms with Gasteiger partial charge in [0.25, 0.3) is 0 Å². The van der Waals surface area contributed by atoms with Crippen molar-refractivity contribution < 1.29 is 13.9 Å². The zero-order chi connectivity index (χ0) is 15.8. The van der Waals surface area contributed by atoms with Gasteiger partial charge in [-0.3, -0.25) is 4.79 Å². The molecule has 0 aliphatic rings. The summed E-state index contributed by atoms with van der Waals surface area (Å²) >= 11 is 0. The third-order valence-electron chi connectivity index (χ3n) is 3.38. The van der Waals surface area contributed by atoms with Crippen LogP contribution in [0.25, 0.3) is 0 Å². The molecule has 2 aromatic carbocycles. The highest BCUT2D eigenvalue weighted by atomic mass is 19.1. The summed E-state index contributed by atoms with van der Waals surface area (Å²) in [7, 11) is 1.75. The minimum atomic E-state index is -0.269. The zero-order valence-electron chi connectivity index (χ0n) is 12.7. The lowest BCUT2D eigenvalue weighted by atomic mass is 10.1. The fourth-order valence-corrected chi connectivity index (χ4v) is 2.08. The molecule has 0 N–H and O–H groups in total. The van der Waals surface area contributed by atoms with Crippen LogP contribution in [0, 0.1) is 5.82 Å². The second-order valence-electron chi connectivity index (χ2n) is 5.11. The zero-order valence-corrected chi connectivity index (χ0v) is 12.7. The van der Waals surface area contributed by atoms with E-state index in [0.717, 1.165) is 11.3 Å². The Hall–Kier alpha value is -2.36. The molecular formula is C18H20FNO2. The molecule has 0 bridgehead atoms. The molecule has 2 aromatic rings. The molecule has 0 atom stereocenters. The lowest BCUT2D eigenvalue weighted by Gasteiger charge is -2.17. The van der Waals surface area contributed by atoms with Crippen LogP contribution in [0.2, 0.25) is 0 Å². The van der Waals surface area contributed by atoms with E-state index in [1.54, 1.807) is 18.0 Å². The first kappa shape index (κ1) is 16.0. The fraction of sp³-hybridized carbons (Fsp3) is 0.278. The lowest BCUT2D eigenvalue weighted by molar-refractivity contribution is -0.130. The average molecular weight is 301 g/mol. The number of carbonyl (C=O) groups is 1. The quantitative estimate of drug-likeness (QED) is 0.785. The summed E-state index contributed by atoms with van der Waals surface area (Å²) in [6.45, 7) is 0.975. The molecule has 0 aliphatic carbocycles. The second kappa shape index (κ2) is 8.17. The first-order chi connectivity index (χ1) is 10.6. The number of benzene rings is 2. The van der Waals surface area contributed by atoms with E-state index >= 15 is 0 Å². The molecule has 116 valence electrons. The Bertz CT molecular complexity index is 601. The Kier molecular flexibility index (Phi) is 5.95. The van der Waals surface area contributed by atoms with Crippen LogP contribution in [0.1, 0.15) is 12.0 Å². The van der Waals surface area contributed by atoms with Crippen LogP contribution in [0.3, 0.4) is 0 Å². The van der Waals surface area contributed by atoms with E-state index in [-0.39, 0.29) is 11.7 Å². The van der Waals surface area contributed by atoms with E-state index in [2.05, 4.69) is 0 Å². The number of carbonyl (C=O) groups excluding carboxylic acids is 1. The summed E-state index contributed by atoms with van der Waals surface area (Å²) in [6.07, 6.45) is 0.908. The van der Waals surface area contributed by atoms with Gasteiger partial charge < -0.3 is 9.64 Å². The molecule has 0 heterocycles. The molecule has 0 aromatic heterocycles. The smallest absolute Gasteiger partial charge is 0.222 e. The van der Waals surface area contributed by atoms with Gasteiger partial charge >= 0.3 is 0 Å². The largest absolute Gasteiger partial charge is 0.492 e. The van der Waals surface area contributed by atoms with Gasteiger partial charge in [-0.15, -0.1) is 0 Å². The van der Waals surface area contributed by atoms with Crippen molar-refractivity contribution in [3.05, 3.63) is 66.0 Å². The Morgan fingerprint density at radius 2 is 1.91 bits per heavy atom. The van der Waals surface area contributed by atoms with Crippen molar-refractivity contribution in [2.45, 2.75) is 12.8 Å². The fourth-order valence-electron chi connectivity index (χ4n) is 2.08. The van der Waals surface area contributed by atoms with Gasteiger partial charge in [-0.1, -0.05) is 30.3 Å². The van der Waals surface area contributed by atoms with E-state index in [9.17, 15) is 9.18 Å². The van der Waals surface area contributed by atoms with E-state index in [0.29, 0.717) is 26.0 Å². The Balaban J connectivity index is 1.70. The van der Waals surface area contributed by atoms with E-state index in [1.165, 1.54) is 12.1 Å². The van der Waals surface area contributed by atoms with E-state index in [4.69, 9.17) is 4.74 Å². The highest BCUT2D eigenvalue weighted by Gasteiger charge is 2.09. The van der Waals surface area contributed by atoms with Gasteiger partial charge in [0, 0.05) is 13.5 Å². The van der Waals surface area contributed by atoms with Crippen molar-refractivity contribution in [3.8, 4) is 5.75 Å². The van der Waals surface area contributed by atoms with Crippen LogP contribution < -0.4 is 4.74 Å². The van der Waals surface area contributed by atoms with E-state index < -0.39 is 0 Å². The van der Waals surface area contributed by atoms with Gasteiger partial charge in [0.2, 0.25) is 5.91 Å². The average Bonchev–Trinajstić information content (AvgIpc) is 2.53. The van der Waals surface area contributed by atoms with Crippen LogP contribution in [0.15, 0.2) is 54.6 Å². The normalized spacial score (nSPS) is 10.3. The summed E-state index contributed by atoms with van der Waals surface area (Å²) in [5.41, 5.74) is 0.835. The number of para-hydroxylation sites is 1. The van der Waals surface area contributed by atoms with Crippen molar-refractivity contribution in [1.82, 2.24) is 4.90 Å². The van der Waals surface area contributed by atoms with Gasteiger partial charge in [0.1, 0.15) is 18.2 Å². The maximum Gasteiger partial charge on any atom is 0.222 e. The number of halogens is 1. The first-order valence-corrected chi connectivity index (χ1v) is 7.31. The molecule has 0 radical (unpaired) electrons. The highest BCUT2D eigenvalue weighted by molar-refractivity contribution is 5.76. The topological polar surface area (TPSA) is 29.5 Å². The van der Waals surface area contributed by atoms with Crippen molar-refractivity contribution >= 4 is 5.91 Å². The molecule has 22 heavy (non-hydrogen) atoms. The highest BCUT2D eigenvalue weighted by Crippen LogP contribution is 2.09. The summed E-state index contributed by atoms with van der Waals surface area (Å²) in [5, 5.41) is 0. The maximum absolute atomic E-state index is 13.1. The Labute approximate surface area is 130 Å². The van der Waals surface area contributed by atoms with Gasteiger partial charge in [-0.25, -0.2) is 4.39 Å². The number of likely N-dealkylation sites (N-methyl/N-ethyl adjacent to an activating group) is 1. The number of ether oxygens (including phenoxy) is 1. The predicted molar refractivity (Wildman–Crippen MR) is 84.3 cm³/mol. The molecule has 0 saturated carbocycles. The molecule has 0 aliphatic heterocycles. The van der Waals surface area contributed by atoms with Crippen LogP contribution in [-0.2, 0) is 11.2 Å². The van der Waals surface area contributed by atoms with Crippen LogP contribution in [0.5, 0.6) is 5.75 Å². The summed E-state index contributed by atoms with van der Waals surface area (Å²) < 4.78 is 18.6. The minimum absolute atomic E-state index is 0.0286. The number of nitrogens with zero attached hydrogens (tertiary/aromatic N) is 1. The number of hydrogen-bond donors (Lipinski definition) is 0. The molecule has 0 unspecified atom stereocenters. The van der Waals surface area contributed by atoms with Gasteiger partial charge in [-0.2, -0.15) is 0 Å². The van der Waals surface area contributed by atoms with Crippen molar-refractivity contribution in [2.75, 3.05) is 20.2 Å².